The Morgan fingerprint density at radius 2 is 2.40 bits per heavy atom. The van der Waals surface area contributed by atoms with E-state index in [2.05, 4.69) is 0 Å². The van der Waals surface area contributed by atoms with Crippen LogP contribution in [-0.2, 0) is 4.74 Å². The number of nitrogen functional groups attached to an aromatic ring is 1. The number of halogens is 1. The first kappa shape index (κ1) is 10.2. The van der Waals surface area contributed by atoms with E-state index in [0.29, 0.717) is 24.0 Å². The van der Waals surface area contributed by atoms with E-state index in [4.69, 9.17) is 15.2 Å². The summed E-state index contributed by atoms with van der Waals surface area (Å²) in [6.45, 7) is 2.04. The SMILES string of the molecule is Nc1ccc(F)cc1OCC1CCOC1. The second-order valence-electron chi connectivity index (χ2n) is 3.72. The first-order chi connectivity index (χ1) is 7.25. The van der Waals surface area contributed by atoms with Crippen molar-refractivity contribution in [2.75, 3.05) is 25.6 Å². The van der Waals surface area contributed by atoms with Crippen molar-refractivity contribution in [2.24, 2.45) is 5.92 Å². The van der Waals surface area contributed by atoms with Gasteiger partial charge in [0.25, 0.3) is 0 Å². The molecule has 0 saturated carbocycles. The molecule has 1 atom stereocenters. The standard InChI is InChI=1S/C11H14FNO2/c12-9-1-2-10(13)11(5-9)15-7-8-3-4-14-6-8/h1-2,5,8H,3-4,6-7,13H2. The van der Waals surface area contributed by atoms with Gasteiger partial charge < -0.3 is 15.2 Å². The molecule has 1 saturated heterocycles. The van der Waals surface area contributed by atoms with Gasteiger partial charge in [-0.2, -0.15) is 0 Å². The summed E-state index contributed by atoms with van der Waals surface area (Å²) in [5, 5.41) is 0. The van der Waals surface area contributed by atoms with Gasteiger partial charge in [-0.3, -0.25) is 0 Å². The number of ether oxygens (including phenoxy) is 2. The minimum Gasteiger partial charge on any atom is -0.491 e. The predicted molar refractivity (Wildman–Crippen MR) is 55.2 cm³/mol. The zero-order chi connectivity index (χ0) is 10.7. The van der Waals surface area contributed by atoms with E-state index in [9.17, 15) is 4.39 Å². The van der Waals surface area contributed by atoms with Crippen molar-refractivity contribution in [1.29, 1.82) is 0 Å². The Hall–Kier alpha value is -1.29. The number of benzene rings is 1. The third kappa shape index (κ3) is 2.59. The van der Waals surface area contributed by atoms with Gasteiger partial charge in [0.15, 0.2) is 0 Å². The van der Waals surface area contributed by atoms with E-state index in [1.807, 2.05) is 0 Å². The van der Waals surface area contributed by atoms with Crippen LogP contribution in [0.4, 0.5) is 10.1 Å². The topological polar surface area (TPSA) is 44.5 Å². The zero-order valence-corrected chi connectivity index (χ0v) is 8.41. The van der Waals surface area contributed by atoms with E-state index in [-0.39, 0.29) is 5.82 Å². The van der Waals surface area contributed by atoms with Crippen LogP contribution in [0, 0.1) is 11.7 Å². The van der Waals surface area contributed by atoms with Crippen LogP contribution in [0.5, 0.6) is 5.75 Å². The summed E-state index contributed by atoms with van der Waals surface area (Å²) in [5.74, 6) is 0.483. The smallest absolute Gasteiger partial charge is 0.145 e. The number of hydrogen-bond donors (Lipinski definition) is 1. The fourth-order valence-electron chi connectivity index (χ4n) is 1.56. The highest BCUT2D eigenvalue weighted by Gasteiger charge is 2.16. The maximum Gasteiger partial charge on any atom is 0.145 e. The highest BCUT2D eigenvalue weighted by molar-refractivity contribution is 5.52. The monoisotopic (exact) mass is 211 g/mol. The molecule has 1 aromatic carbocycles. The van der Waals surface area contributed by atoms with Crippen LogP contribution in [0.15, 0.2) is 18.2 Å². The minimum atomic E-state index is -0.332. The Balaban J connectivity index is 1.94. The van der Waals surface area contributed by atoms with Gasteiger partial charge in [0.1, 0.15) is 11.6 Å². The van der Waals surface area contributed by atoms with Crippen LogP contribution in [-0.4, -0.2) is 19.8 Å². The summed E-state index contributed by atoms with van der Waals surface area (Å²) >= 11 is 0. The highest BCUT2D eigenvalue weighted by Crippen LogP contribution is 2.23. The molecule has 4 heteroatoms. The molecular weight excluding hydrogens is 197 g/mol. The van der Waals surface area contributed by atoms with Crippen LogP contribution in [0.3, 0.4) is 0 Å². The van der Waals surface area contributed by atoms with Crippen LogP contribution in [0.25, 0.3) is 0 Å². The molecule has 0 spiro atoms. The minimum absolute atomic E-state index is 0.332. The highest BCUT2D eigenvalue weighted by atomic mass is 19.1. The van der Waals surface area contributed by atoms with E-state index >= 15 is 0 Å². The second kappa shape index (κ2) is 4.49. The van der Waals surface area contributed by atoms with Crippen LogP contribution < -0.4 is 10.5 Å². The Morgan fingerprint density at radius 3 is 3.13 bits per heavy atom. The Morgan fingerprint density at radius 1 is 1.53 bits per heavy atom. The van der Waals surface area contributed by atoms with Crippen LogP contribution in [0.2, 0.25) is 0 Å². The lowest BCUT2D eigenvalue weighted by molar-refractivity contribution is 0.167. The predicted octanol–water partition coefficient (Wildman–Crippen LogP) is 1.82. The molecule has 1 fully saturated rings. The molecule has 1 unspecified atom stereocenters. The number of nitrogens with two attached hydrogens (primary N) is 1. The normalized spacial score (nSPS) is 20.5. The van der Waals surface area contributed by atoms with Gasteiger partial charge in [0, 0.05) is 18.6 Å². The molecule has 15 heavy (non-hydrogen) atoms. The third-order valence-electron chi connectivity index (χ3n) is 2.47. The quantitative estimate of drug-likeness (QED) is 0.776. The van der Waals surface area contributed by atoms with Crippen LogP contribution in [0.1, 0.15) is 6.42 Å². The number of anilines is 1. The summed E-state index contributed by atoms with van der Waals surface area (Å²) in [7, 11) is 0. The molecule has 1 aliphatic heterocycles. The Kier molecular flexibility index (Phi) is 3.06. The fraction of sp³-hybridized carbons (Fsp3) is 0.455. The molecule has 3 nitrogen and oxygen atoms in total. The van der Waals surface area contributed by atoms with Gasteiger partial charge >= 0.3 is 0 Å². The van der Waals surface area contributed by atoms with Gasteiger partial charge in [0.2, 0.25) is 0 Å². The number of rotatable bonds is 3. The summed E-state index contributed by atoms with van der Waals surface area (Å²) in [6.07, 6.45) is 0.995. The molecule has 82 valence electrons. The van der Waals surface area contributed by atoms with E-state index in [0.717, 1.165) is 19.6 Å². The third-order valence-corrected chi connectivity index (χ3v) is 2.47. The molecule has 1 heterocycles. The maximum atomic E-state index is 12.9. The molecule has 2 N–H and O–H groups in total. The fourth-order valence-corrected chi connectivity index (χ4v) is 1.56. The van der Waals surface area contributed by atoms with Crippen molar-refractivity contribution in [3.05, 3.63) is 24.0 Å². The van der Waals surface area contributed by atoms with E-state index in [1.165, 1.54) is 18.2 Å². The molecule has 1 aliphatic rings. The van der Waals surface area contributed by atoms with Gasteiger partial charge in [-0.15, -0.1) is 0 Å². The van der Waals surface area contributed by atoms with E-state index < -0.39 is 0 Å². The maximum absolute atomic E-state index is 12.9. The van der Waals surface area contributed by atoms with Gasteiger partial charge in [-0.25, -0.2) is 4.39 Å². The lowest BCUT2D eigenvalue weighted by Gasteiger charge is -2.11. The molecule has 1 aromatic rings. The van der Waals surface area contributed by atoms with Crippen molar-refractivity contribution in [3.63, 3.8) is 0 Å². The summed E-state index contributed by atoms with van der Waals surface area (Å²) < 4.78 is 23.6. The van der Waals surface area contributed by atoms with E-state index in [1.54, 1.807) is 0 Å². The average molecular weight is 211 g/mol. The van der Waals surface area contributed by atoms with Crippen molar-refractivity contribution < 1.29 is 13.9 Å². The molecule has 0 radical (unpaired) electrons. The van der Waals surface area contributed by atoms with Crippen molar-refractivity contribution in [1.82, 2.24) is 0 Å². The molecule has 0 aromatic heterocycles. The number of hydrogen-bond acceptors (Lipinski definition) is 3. The molecule has 0 bridgehead atoms. The molecule has 2 rings (SSSR count). The summed E-state index contributed by atoms with van der Waals surface area (Å²) in [4.78, 5) is 0. The van der Waals surface area contributed by atoms with Gasteiger partial charge in [0.05, 0.1) is 18.9 Å². The average Bonchev–Trinajstić information content (AvgIpc) is 2.72. The largest absolute Gasteiger partial charge is 0.491 e. The first-order valence-electron chi connectivity index (χ1n) is 5.01. The summed E-state index contributed by atoms with van der Waals surface area (Å²) in [5.41, 5.74) is 6.12. The first-order valence-corrected chi connectivity index (χ1v) is 5.01. The van der Waals surface area contributed by atoms with Crippen molar-refractivity contribution in [3.8, 4) is 5.75 Å². The van der Waals surface area contributed by atoms with Gasteiger partial charge in [-0.05, 0) is 18.6 Å². The van der Waals surface area contributed by atoms with Gasteiger partial charge in [-0.1, -0.05) is 0 Å². The van der Waals surface area contributed by atoms with Crippen molar-refractivity contribution in [2.45, 2.75) is 6.42 Å². The Labute approximate surface area is 88.0 Å². The summed E-state index contributed by atoms with van der Waals surface area (Å²) in [6, 6.07) is 4.14. The zero-order valence-electron chi connectivity index (χ0n) is 8.41. The second-order valence-corrected chi connectivity index (χ2v) is 3.72. The lowest BCUT2D eigenvalue weighted by Crippen LogP contribution is -2.12. The molecule has 0 aliphatic carbocycles. The van der Waals surface area contributed by atoms with Crippen molar-refractivity contribution >= 4 is 5.69 Å². The Bertz CT molecular complexity index is 337. The lowest BCUT2D eigenvalue weighted by atomic mass is 10.1. The molecular formula is C11H14FNO2. The molecule has 0 amide bonds. The van der Waals surface area contributed by atoms with Crippen LogP contribution >= 0.6 is 0 Å².